The molecule has 1 aromatic carbocycles. The van der Waals surface area contributed by atoms with Crippen molar-refractivity contribution in [1.82, 2.24) is 9.78 Å². The number of alkyl halides is 3. The molecule has 0 spiro atoms. The fraction of sp³-hybridized carbons (Fsp3) is 0.250. The summed E-state index contributed by atoms with van der Waals surface area (Å²) in [5.74, 6) is 0. The summed E-state index contributed by atoms with van der Waals surface area (Å²) < 4.78 is 39.9. The van der Waals surface area contributed by atoms with E-state index in [4.69, 9.17) is 0 Å². The molecule has 0 saturated carbocycles. The number of hydrogen-bond acceptors (Lipinski definition) is 2. The lowest BCUT2D eigenvalue weighted by Crippen LogP contribution is -2.08. The zero-order valence-corrected chi connectivity index (χ0v) is 11.4. The standard InChI is InChI=1S/C12H10BrF3N2O/c1-18-6-7(5-17-18)11(19)9-4-8(12(14,15)16)2-3-10(9)13/h2-6,11,19H,1H3. The van der Waals surface area contributed by atoms with Gasteiger partial charge in [-0.05, 0) is 23.8 Å². The Kier molecular flexibility index (Phi) is 3.69. The van der Waals surface area contributed by atoms with Crippen molar-refractivity contribution >= 4 is 15.9 Å². The topological polar surface area (TPSA) is 38.0 Å². The summed E-state index contributed by atoms with van der Waals surface area (Å²) in [6.07, 6.45) is -2.64. The van der Waals surface area contributed by atoms with Gasteiger partial charge in [-0.2, -0.15) is 18.3 Å². The smallest absolute Gasteiger partial charge is 0.383 e. The van der Waals surface area contributed by atoms with Crippen molar-refractivity contribution in [2.24, 2.45) is 7.05 Å². The second kappa shape index (κ2) is 4.97. The zero-order valence-electron chi connectivity index (χ0n) is 9.82. The van der Waals surface area contributed by atoms with E-state index in [0.29, 0.717) is 10.0 Å². The Labute approximate surface area is 115 Å². The first-order valence-electron chi connectivity index (χ1n) is 5.32. The van der Waals surface area contributed by atoms with E-state index in [9.17, 15) is 18.3 Å². The van der Waals surface area contributed by atoms with E-state index in [2.05, 4.69) is 21.0 Å². The van der Waals surface area contributed by atoms with Crippen LogP contribution in [0.4, 0.5) is 13.2 Å². The van der Waals surface area contributed by atoms with Gasteiger partial charge in [-0.3, -0.25) is 4.68 Å². The van der Waals surface area contributed by atoms with E-state index in [1.54, 1.807) is 13.2 Å². The second-order valence-corrected chi connectivity index (χ2v) is 4.94. The summed E-state index contributed by atoms with van der Waals surface area (Å²) >= 11 is 3.15. The van der Waals surface area contributed by atoms with Crippen LogP contribution in [0.15, 0.2) is 35.1 Å². The fourth-order valence-corrected chi connectivity index (χ4v) is 2.15. The van der Waals surface area contributed by atoms with E-state index in [1.807, 2.05) is 0 Å². The van der Waals surface area contributed by atoms with E-state index in [1.165, 1.54) is 16.9 Å². The maximum absolute atomic E-state index is 12.7. The predicted octanol–water partition coefficient (Wildman–Crippen LogP) is 3.28. The largest absolute Gasteiger partial charge is 0.416 e. The van der Waals surface area contributed by atoms with Crippen molar-refractivity contribution in [2.75, 3.05) is 0 Å². The SMILES string of the molecule is Cn1cc(C(O)c2cc(C(F)(F)F)ccc2Br)cn1. The molecule has 2 aromatic rings. The molecule has 7 heteroatoms. The molecule has 0 amide bonds. The molecule has 0 aliphatic rings. The quantitative estimate of drug-likeness (QED) is 0.915. The van der Waals surface area contributed by atoms with E-state index in [0.717, 1.165) is 12.1 Å². The lowest BCUT2D eigenvalue weighted by molar-refractivity contribution is -0.137. The highest BCUT2D eigenvalue weighted by Crippen LogP contribution is 2.35. The molecule has 0 saturated heterocycles. The number of aliphatic hydroxyl groups is 1. The Hall–Kier alpha value is -1.34. The van der Waals surface area contributed by atoms with Crippen molar-refractivity contribution in [1.29, 1.82) is 0 Å². The van der Waals surface area contributed by atoms with Crippen LogP contribution >= 0.6 is 15.9 Å². The molecular weight excluding hydrogens is 325 g/mol. The minimum absolute atomic E-state index is 0.155. The van der Waals surface area contributed by atoms with Crippen LogP contribution in [-0.4, -0.2) is 14.9 Å². The highest BCUT2D eigenvalue weighted by molar-refractivity contribution is 9.10. The van der Waals surface area contributed by atoms with Crippen molar-refractivity contribution < 1.29 is 18.3 Å². The molecule has 0 aliphatic carbocycles. The van der Waals surface area contributed by atoms with Crippen LogP contribution in [0.25, 0.3) is 0 Å². The number of benzene rings is 1. The number of aromatic nitrogens is 2. The van der Waals surface area contributed by atoms with Crippen LogP contribution in [0.3, 0.4) is 0 Å². The van der Waals surface area contributed by atoms with E-state index in [-0.39, 0.29) is 5.56 Å². The molecule has 3 nitrogen and oxygen atoms in total. The highest BCUT2D eigenvalue weighted by atomic mass is 79.9. The van der Waals surface area contributed by atoms with Gasteiger partial charge >= 0.3 is 6.18 Å². The minimum Gasteiger partial charge on any atom is -0.383 e. The highest BCUT2D eigenvalue weighted by Gasteiger charge is 2.31. The van der Waals surface area contributed by atoms with Gasteiger partial charge in [-0.15, -0.1) is 0 Å². The molecule has 0 fully saturated rings. The Morgan fingerprint density at radius 1 is 1.37 bits per heavy atom. The van der Waals surface area contributed by atoms with Crippen LogP contribution in [0.5, 0.6) is 0 Å². The Morgan fingerprint density at radius 3 is 2.58 bits per heavy atom. The average molecular weight is 335 g/mol. The van der Waals surface area contributed by atoms with Gasteiger partial charge in [-0.1, -0.05) is 15.9 Å². The summed E-state index contributed by atoms with van der Waals surface area (Å²) in [4.78, 5) is 0. The summed E-state index contributed by atoms with van der Waals surface area (Å²) in [6.45, 7) is 0. The van der Waals surface area contributed by atoms with Crippen LogP contribution in [-0.2, 0) is 13.2 Å². The Morgan fingerprint density at radius 2 is 2.05 bits per heavy atom. The number of hydrogen-bond donors (Lipinski definition) is 1. The van der Waals surface area contributed by atoms with Gasteiger partial charge in [0.2, 0.25) is 0 Å². The van der Waals surface area contributed by atoms with Crippen LogP contribution < -0.4 is 0 Å². The maximum Gasteiger partial charge on any atom is 0.416 e. The molecular formula is C12H10BrF3N2O. The first-order valence-corrected chi connectivity index (χ1v) is 6.11. The first kappa shape index (κ1) is 14.1. The lowest BCUT2D eigenvalue weighted by atomic mass is 10.0. The summed E-state index contributed by atoms with van der Waals surface area (Å²) in [5, 5.41) is 14.0. The average Bonchev–Trinajstić information content (AvgIpc) is 2.74. The fourth-order valence-electron chi connectivity index (χ4n) is 1.69. The van der Waals surface area contributed by atoms with Crippen LogP contribution in [0.2, 0.25) is 0 Å². The molecule has 19 heavy (non-hydrogen) atoms. The van der Waals surface area contributed by atoms with Crippen molar-refractivity contribution in [3.63, 3.8) is 0 Å². The summed E-state index contributed by atoms with van der Waals surface area (Å²) in [5.41, 5.74) is -0.209. The van der Waals surface area contributed by atoms with Gasteiger partial charge in [0, 0.05) is 23.3 Å². The number of aryl methyl sites for hydroxylation is 1. The van der Waals surface area contributed by atoms with E-state index >= 15 is 0 Å². The lowest BCUT2D eigenvalue weighted by Gasteiger charge is -2.14. The van der Waals surface area contributed by atoms with E-state index < -0.39 is 17.8 Å². The van der Waals surface area contributed by atoms with Crippen molar-refractivity contribution in [2.45, 2.75) is 12.3 Å². The maximum atomic E-state index is 12.7. The van der Waals surface area contributed by atoms with Crippen LogP contribution in [0.1, 0.15) is 22.8 Å². The van der Waals surface area contributed by atoms with Gasteiger partial charge in [0.05, 0.1) is 11.8 Å². The molecule has 1 heterocycles. The monoisotopic (exact) mass is 334 g/mol. The number of nitrogens with zero attached hydrogens (tertiary/aromatic N) is 2. The van der Waals surface area contributed by atoms with Gasteiger partial charge in [-0.25, -0.2) is 0 Å². The van der Waals surface area contributed by atoms with Crippen molar-refractivity contribution in [3.05, 3.63) is 51.8 Å². The molecule has 0 bridgehead atoms. The third kappa shape index (κ3) is 2.98. The Balaban J connectivity index is 2.44. The van der Waals surface area contributed by atoms with Gasteiger partial charge in [0.15, 0.2) is 0 Å². The number of halogens is 4. The zero-order chi connectivity index (χ0) is 14.2. The molecule has 1 N–H and O–H groups in total. The van der Waals surface area contributed by atoms with Gasteiger partial charge in [0.25, 0.3) is 0 Å². The van der Waals surface area contributed by atoms with Gasteiger partial charge < -0.3 is 5.11 Å². The molecule has 102 valence electrons. The third-order valence-corrected chi connectivity index (χ3v) is 3.38. The molecule has 0 radical (unpaired) electrons. The van der Waals surface area contributed by atoms with Crippen LogP contribution in [0, 0.1) is 0 Å². The summed E-state index contributed by atoms with van der Waals surface area (Å²) in [7, 11) is 1.66. The third-order valence-electron chi connectivity index (χ3n) is 2.66. The second-order valence-electron chi connectivity index (χ2n) is 4.08. The number of aliphatic hydroxyl groups excluding tert-OH is 1. The Bertz CT molecular complexity index is 595. The molecule has 1 atom stereocenters. The number of rotatable bonds is 2. The summed E-state index contributed by atoms with van der Waals surface area (Å²) in [6, 6.07) is 3.17. The molecule has 1 aromatic heterocycles. The van der Waals surface area contributed by atoms with Crippen molar-refractivity contribution in [3.8, 4) is 0 Å². The minimum atomic E-state index is -4.44. The molecule has 1 unspecified atom stereocenters. The van der Waals surface area contributed by atoms with Gasteiger partial charge in [0.1, 0.15) is 6.10 Å². The molecule has 2 rings (SSSR count). The molecule has 0 aliphatic heterocycles. The first-order chi connectivity index (χ1) is 8.79. The normalized spacial score (nSPS) is 13.6. The predicted molar refractivity (Wildman–Crippen MR) is 66.4 cm³/mol.